The standard InChI is InChI=1S/C11H20N4/c1-4-11(3,7-12)10-14-13-8(2)15(10)9-5-6-9/h9H,4-7,12H2,1-3H3. The summed E-state index contributed by atoms with van der Waals surface area (Å²) < 4.78 is 2.29. The van der Waals surface area contributed by atoms with Crippen LogP contribution in [-0.2, 0) is 5.41 Å². The number of hydrogen-bond acceptors (Lipinski definition) is 3. The lowest BCUT2D eigenvalue weighted by atomic mass is 9.86. The molecule has 1 atom stereocenters. The molecule has 1 heterocycles. The number of nitrogens with two attached hydrogens (primary N) is 1. The SMILES string of the molecule is CCC(C)(CN)c1nnc(C)n1C1CC1. The van der Waals surface area contributed by atoms with Gasteiger partial charge in [0, 0.05) is 18.0 Å². The van der Waals surface area contributed by atoms with Gasteiger partial charge >= 0.3 is 0 Å². The van der Waals surface area contributed by atoms with E-state index in [0.717, 1.165) is 18.1 Å². The molecule has 0 aliphatic heterocycles. The number of nitrogens with zero attached hydrogens (tertiary/aromatic N) is 3. The molecule has 84 valence electrons. The Kier molecular flexibility index (Phi) is 2.54. The van der Waals surface area contributed by atoms with Gasteiger partial charge in [-0.05, 0) is 26.2 Å². The highest BCUT2D eigenvalue weighted by Crippen LogP contribution is 2.39. The fourth-order valence-corrected chi connectivity index (χ4v) is 1.94. The lowest BCUT2D eigenvalue weighted by molar-refractivity contribution is 0.412. The lowest BCUT2D eigenvalue weighted by Gasteiger charge is -2.26. The summed E-state index contributed by atoms with van der Waals surface area (Å²) in [5.41, 5.74) is 5.84. The Morgan fingerprint density at radius 2 is 2.13 bits per heavy atom. The molecule has 1 saturated carbocycles. The van der Waals surface area contributed by atoms with Crippen molar-refractivity contribution in [1.29, 1.82) is 0 Å². The molecule has 0 spiro atoms. The predicted molar refractivity (Wildman–Crippen MR) is 59.7 cm³/mol. The van der Waals surface area contributed by atoms with Gasteiger partial charge in [0.05, 0.1) is 0 Å². The molecule has 0 saturated heterocycles. The van der Waals surface area contributed by atoms with Crippen molar-refractivity contribution in [3.8, 4) is 0 Å². The smallest absolute Gasteiger partial charge is 0.140 e. The molecule has 1 aromatic heterocycles. The Morgan fingerprint density at radius 3 is 2.60 bits per heavy atom. The molecule has 1 fully saturated rings. The van der Waals surface area contributed by atoms with Gasteiger partial charge in [-0.2, -0.15) is 0 Å². The number of aromatic nitrogens is 3. The van der Waals surface area contributed by atoms with Gasteiger partial charge in [-0.15, -0.1) is 10.2 Å². The van der Waals surface area contributed by atoms with Gasteiger partial charge in [-0.1, -0.05) is 13.8 Å². The van der Waals surface area contributed by atoms with E-state index in [1.165, 1.54) is 12.8 Å². The van der Waals surface area contributed by atoms with Crippen molar-refractivity contribution < 1.29 is 0 Å². The second-order valence-electron chi connectivity index (χ2n) is 4.79. The van der Waals surface area contributed by atoms with Gasteiger partial charge in [-0.25, -0.2) is 0 Å². The van der Waals surface area contributed by atoms with E-state index in [4.69, 9.17) is 5.73 Å². The van der Waals surface area contributed by atoms with E-state index in [0.29, 0.717) is 12.6 Å². The molecule has 15 heavy (non-hydrogen) atoms. The molecule has 2 rings (SSSR count). The van der Waals surface area contributed by atoms with Crippen molar-refractivity contribution in [3.63, 3.8) is 0 Å². The van der Waals surface area contributed by atoms with Crippen LogP contribution in [0.3, 0.4) is 0 Å². The molecule has 0 bridgehead atoms. The van der Waals surface area contributed by atoms with Crippen molar-refractivity contribution in [2.45, 2.75) is 51.5 Å². The average molecular weight is 208 g/mol. The Morgan fingerprint density at radius 1 is 1.47 bits per heavy atom. The summed E-state index contributed by atoms with van der Waals surface area (Å²) in [6.07, 6.45) is 3.53. The average Bonchev–Trinajstić information content (AvgIpc) is 3.01. The number of hydrogen-bond donors (Lipinski definition) is 1. The Hall–Kier alpha value is -0.900. The quantitative estimate of drug-likeness (QED) is 0.816. The van der Waals surface area contributed by atoms with Crippen molar-refractivity contribution in [2.24, 2.45) is 5.73 Å². The third kappa shape index (κ3) is 1.67. The van der Waals surface area contributed by atoms with Crippen molar-refractivity contribution in [3.05, 3.63) is 11.6 Å². The summed E-state index contributed by atoms with van der Waals surface area (Å²) >= 11 is 0. The molecule has 4 heteroatoms. The molecular formula is C11H20N4. The summed E-state index contributed by atoms with van der Waals surface area (Å²) in [6.45, 7) is 7.00. The second kappa shape index (κ2) is 3.59. The highest BCUT2D eigenvalue weighted by molar-refractivity contribution is 5.12. The van der Waals surface area contributed by atoms with Crippen LogP contribution < -0.4 is 5.73 Å². The Labute approximate surface area is 90.9 Å². The summed E-state index contributed by atoms with van der Waals surface area (Å²) in [7, 11) is 0. The molecule has 0 amide bonds. The van der Waals surface area contributed by atoms with Crippen molar-refractivity contribution >= 4 is 0 Å². The van der Waals surface area contributed by atoms with Crippen LogP contribution in [0.25, 0.3) is 0 Å². The maximum absolute atomic E-state index is 5.87. The zero-order chi connectivity index (χ0) is 11.1. The predicted octanol–water partition coefficient (Wildman–Crippen LogP) is 1.55. The van der Waals surface area contributed by atoms with E-state index in [9.17, 15) is 0 Å². The fraction of sp³-hybridized carbons (Fsp3) is 0.818. The summed E-state index contributed by atoms with van der Waals surface area (Å²) in [5, 5.41) is 8.52. The minimum absolute atomic E-state index is 0.0240. The minimum Gasteiger partial charge on any atom is -0.329 e. The van der Waals surface area contributed by atoms with E-state index < -0.39 is 0 Å². The first-order chi connectivity index (χ1) is 7.12. The van der Waals surface area contributed by atoms with E-state index in [-0.39, 0.29) is 5.41 Å². The third-order valence-corrected chi connectivity index (χ3v) is 3.55. The van der Waals surface area contributed by atoms with E-state index in [1.807, 2.05) is 6.92 Å². The van der Waals surface area contributed by atoms with Gasteiger partial charge in [0.2, 0.25) is 0 Å². The Bertz CT molecular complexity index is 347. The minimum atomic E-state index is -0.0240. The fourth-order valence-electron chi connectivity index (χ4n) is 1.94. The molecule has 1 aliphatic rings. The van der Waals surface area contributed by atoms with E-state index in [1.54, 1.807) is 0 Å². The zero-order valence-corrected chi connectivity index (χ0v) is 9.82. The topological polar surface area (TPSA) is 56.7 Å². The maximum atomic E-state index is 5.87. The lowest BCUT2D eigenvalue weighted by Crippen LogP contribution is -2.34. The van der Waals surface area contributed by atoms with Gasteiger partial charge < -0.3 is 10.3 Å². The zero-order valence-electron chi connectivity index (χ0n) is 9.82. The largest absolute Gasteiger partial charge is 0.329 e. The van der Waals surface area contributed by atoms with Crippen LogP contribution in [0.2, 0.25) is 0 Å². The van der Waals surface area contributed by atoms with Crippen molar-refractivity contribution in [2.75, 3.05) is 6.54 Å². The first-order valence-corrected chi connectivity index (χ1v) is 5.74. The highest BCUT2D eigenvalue weighted by Gasteiger charge is 2.35. The molecule has 1 aliphatic carbocycles. The summed E-state index contributed by atoms with van der Waals surface area (Å²) in [5.74, 6) is 2.10. The monoisotopic (exact) mass is 208 g/mol. The van der Waals surface area contributed by atoms with Crippen LogP contribution in [0.4, 0.5) is 0 Å². The molecule has 1 aromatic rings. The normalized spacial score (nSPS) is 20.3. The third-order valence-electron chi connectivity index (χ3n) is 3.55. The molecular weight excluding hydrogens is 188 g/mol. The van der Waals surface area contributed by atoms with Crippen LogP contribution in [-0.4, -0.2) is 21.3 Å². The molecule has 4 nitrogen and oxygen atoms in total. The molecule has 1 unspecified atom stereocenters. The molecule has 0 radical (unpaired) electrons. The van der Waals surface area contributed by atoms with E-state index >= 15 is 0 Å². The number of rotatable bonds is 4. The van der Waals surface area contributed by atoms with Gasteiger partial charge in [0.1, 0.15) is 11.6 Å². The van der Waals surface area contributed by atoms with Gasteiger partial charge in [0.15, 0.2) is 0 Å². The van der Waals surface area contributed by atoms with Crippen LogP contribution in [0.15, 0.2) is 0 Å². The molecule has 0 aromatic carbocycles. The number of aryl methyl sites for hydroxylation is 1. The molecule has 2 N–H and O–H groups in total. The van der Waals surface area contributed by atoms with Crippen LogP contribution in [0.5, 0.6) is 0 Å². The Balaban J connectivity index is 2.42. The van der Waals surface area contributed by atoms with Crippen LogP contribution in [0.1, 0.15) is 50.8 Å². The van der Waals surface area contributed by atoms with Gasteiger partial charge in [0.25, 0.3) is 0 Å². The first kappa shape index (κ1) is 10.6. The second-order valence-corrected chi connectivity index (χ2v) is 4.79. The summed E-state index contributed by atoms with van der Waals surface area (Å²) in [4.78, 5) is 0. The summed E-state index contributed by atoms with van der Waals surface area (Å²) in [6, 6.07) is 0.632. The van der Waals surface area contributed by atoms with E-state index in [2.05, 4.69) is 28.6 Å². The van der Waals surface area contributed by atoms with Crippen molar-refractivity contribution in [1.82, 2.24) is 14.8 Å². The highest BCUT2D eigenvalue weighted by atomic mass is 15.3. The first-order valence-electron chi connectivity index (χ1n) is 5.74. The van der Waals surface area contributed by atoms with Gasteiger partial charge in [-0.3, -0.25) is 0 Å². The maximum Gasteiger partial charge on any atom is 0.140 e. The van der Waals surface area contributed by atoms with Crippen LogP contribution >= 0.6 is 0 Å². The van der Waals surface area contributed by atoms with Crippen LogP contribution in [0, 0.1) is 6.92 Å².